The van der Waals surface area contributed by atoms with Crippen LogP contribution in [0.15, 0.2) is 24.3 Å². The Hall–Kier alpha value is -1.92. The number of nitrogens with zero attached hydrogens (tertiary/aromatic N) is 3. The Morgan fingerprint density at radius 3 is 2.65 bits per heavy atom. The van der Waals surface area contributed by atoms with Crippen LogP contribution in [-0.2, 0) is 4.79 Å². The predicted molar refractivity (Wildman–Crippen MR) is 102 cm³/mol. The molecule has 1 aromatic rings. The minimum atomic E-state index is -0.389. The lowest BCUT2D eigenvalue weighted by atomic mass is 9.91. The number of amides is 1. The summed E-state index contributed by atoms with van der Waals surface area (Å²) in [6.45, 7) is 4.21. The van der Waals surface area contributed by atoms with Crippen molar-refractivity contribution in [2.45, 2.75) is 44.7 Å². The monoisotopic (exact) mass is 377 g/mol. The third-order valence-corrected chi connectivity index (χ3v) is 5.57. The fraction of sp³-hybridized carbons (Fsp3) is 0.526. The SMILES string of the molecule is CCC(=O)N1CC2CCCC(C1)N2C/C=C/c1cc(Cl)ccc1[N+](=O)[O-]. The van der Waals surface area contributed by atoms with Crippen LogP contribution in [0, 0.1) is 10.1 Å². The number of halogens is 1. The van der Waals surface area contributed by atoms with Crippen molar-refractivity contribution >= 4 is 29.3 Å². The summed E-state index contributed by atoms with van der Waals surface area (Å²) >= 11 is 5.98. The van der Waals surface area contributed by atoms with E-state index in [2.05, 4.69) is 4.90 Å². The summed E-state index contributed by atoms with van der Waals surface area (Å²) in [7, 11) is 0. The molecule has 1 amide bonds. The highest BCUT2D eigenvalue weighted by molar-refractivity contribution is 6.30. The highest BCUT2D eigenvalue weighted by Gasteiger charge is 2.37. The van der Waals surface area contributed by atoms with Crippen molar-refractivity contribution in [3.63, 3.8) is 0 Å². The summed E-state index contributed by atoms with van der Waals surface area (Å²) in [5.41, 5.74) is 0.580. The Morgan fingerprint density at radius 1 is 1.35 bits per heavy atom. The van der Waals surface area contributed by atoms with Gasteiger partial charge in [0.25, 0.3) is 5.69 Å². The fourth-order valence-corrected chi connectivity index (χ4v) is 4.23. The largest absolute Gasteiger partial charge is 0.340 e. The van der Waals surface area contributed by atoms with Gasteiger partial charge in [-0.1, -0.05) is 37.1 Å². The van der Waals surface area contributed by atoms with Crippen LogP contribution in [0.2, 0.25) is 5.02 Å². The average Bonchev–Trinajstić information content (AvgIpc) is 2.60. The number of benzene rings is 1. The van der Waals surface area contributed by atoms with E-state index in [1.54, 1.807) is 12.1 Å². The van der Waals surface area contributed by atoms with Gasteiger partial charge in [0, 0.05) is 49.2 Å². The molecular weight excluding hydrogens is 354 g/mol. The summed E-state index contributed by atoms with van der Waals surface area (Å²) in [6.07, 6.45) is 7.69. The maximum Gasteiger partial charge on any atom is 0.276 e. The van der Waals surface area contributed by atoms with E-state index in [1.807, 2.05) is 17.9 Å². The molecule has 2 unspecified atom stereocenters. The zero-order valence-electron chi connectivity index (χ0n) is 14.9. The topological polar surface area (TPSA) is 66.7 Å². The van der Waals surface area contributed by atoms with Crippen LogP contribution >= 0.6 is 11.6 Å². The maximum absolute atomic E-state index is 12.1. The zero-order chi connectivity index (χ0) is 18.7. The van der Waals surface area contributed by atoms with E-state index in [0.29, 0.717) is 29.1 Å². The molecule has 0 saturated carbocycles. The molecule has 2 aliphatic heterocycles. The van der Waals surface area contributed by atoms with Gasteiger partial charge in [-0.05, 0) is 25.0 Å². The minimum Gasteiger partial charge on any atom is -0.340 e. The fourth-order valence-electron chi connectivity index (χ4n) is 4.05. The summed E-state index contributed by atoms with van der Waals surface area (Å²) < 4.78 is 0. The number of likely N-dealkylation sites (tertiary alicyclic amines) is 1. The second-order valence-electron chi connectivity index (χ2n) is 6.95. The van der Waals surface area contributed by atoms with E-state index in [0.717, 1.165) is 32.5 Å². The quantitative estimate of drug-likeness (QED) is 0.579. The second-order valence-corrected chi connectivity index (χ2v) is 7.39. The number of piperazine rings is 1. The molecule has 0 aliphatic carbocycles. The first-order valence-electron chi connectivity index (χ1n) is 9.13. The third-order valence-electron chi connectivity index (χ3n) is 5.33. The molecule has 2 aliphatic rings. The van der Waals surface area contributed by atoms with Crippen molar-refractivity contribution < 1.29 is 9.72 Å². The van der Waals surface area contributed by atoms with Crippen LogP contribution in [-0.4, -0.2) is 52.3 Å². The van der Waals surface area contributed by atoms with Gasteiger partial charge in [-0.2, -0.15) is 0 Å². The number of fused-ring (bicyclic) bond motifs is 2. The zero-order valence-corrected chi connectivity index (χ0v) is 15.7. The molecule has 2 heterocycles. The number of hydrogen-bond acceptors (Lipinski definition) is 4. The first-order valence-corrected chi connectivity index (χ1v) is 9.51. The Labute approximate surface area is 158 Å². The van der Waals surface area contributed by atoms with Crippen LogP contribution in [0.25, 0.3) is 6.08 Å². The number of rotatable bonds is 5. The molecule has 0 radical (unpaired) electrons. The van der Waals surface area contributed by atoms with Gasteiger partial charge in [0.2, 0.25) is 5.91 Å². The van der Waals surface area contributed by atoms with Crippen molar-refractivity contribution in [1.29, 1.82) is 0 Å². The van der Waals surface area contributed by atoms with Crippen molar-refractivity contribution in [3.8, 4) is 0 Å². The van der Waals surface area contributed by atoms with Crippen LogP contribution in [0.5, 0.6) is 0 Å². The van der Waals surface area contributed by atoms with Crippen LogP contribution < -0.4 is 0 Å². The Morgan fingerprint density at radius 2 is 2.04 bits per heavy atom. The van der Waals surface area contributed by atoms with E-state index >= 15 is 0 Å². The van der Waals surface area contributed by atoms with E-state index in [4.69, 9.17) is 11.6 Å². The molecule has 26 heavy (non-hydrogen) atoms. The second kappa shape index (κ2) is 8.18. The molecule has 1 aromatic carbocycles. The van der Waals surface area contributed by atoms with Crippen LogP contribution in [0.4, 0.5) is 5.69 Å². The van der Waals surface area contributed by atoms with Crippen LogP contribution in [0.1, 0.15) is 38.2 Å². The van der Waals surface area contributed by atoms with Gasteiger partial charge < -0.3 is 4.90 Å². The molecular formula is C19H24ClN3O3. The summed E-state index contributed by atoms with van der Waals surface area (Å²) in [5, 5.41) is 11.7. The van der Waals surface area contributed by atoms with E-state index < -0.39 is 0 Å². The first-order chi connectivity index (χ1) is 12.5. The molecule has 3 rings (SSSR count). The standard InChI is InChI=1S/C19H24ClN3O3/c1-2-19(24)21-12-16-6-3-7-17(13-21)22(16)10-4-5-14-11-15(20)8-9-18(14)23(25)26/h4-5,8-9,11,16-17H,2-3,6-7,10,12-13H2,1H3/b5-4+. The van der Waals surface area contributed by atoms with E-state index in [1.165, 1.54) is 18.6 Å². The third kappa shape index (κ3) is 4.07. The van der Waals surface area contributed by atoms with Gasteiger partial charge in [0.05, 0.1) is 10.5 Å². The molecule has 7 heteroatoms. The lowest BCUT2D eigenvalue weighted by Crippen LogP contribution is -2.61. The average molecular weight is 378 g/mol. The van der Waals surface area contributed by atoms with E-state index in [-0.39, 0.29) is 16.5 Å². The minimum absolute atomic E-state index is 0.0594. The number of nitro groups is 1. The normalized spacial score (nSPS) is 23.4. The summed E-state index contributed by atoms with van der Waals surface area (Å²) in [4.78, 5) is 27.3. The first kappa shape index (κ1) is 18.9. The highest BCUT2D eigenvalue weighted by atomic mass is 35.5. The Kier molecular flexibility index (Phi) is 5.94. The van der Waals surface area contributed by atoms with Crippen molar-refractivity contribution in [2.75, 3.05) is 19.6 Å². The smallest absolute Gasteiger partial charge is 0.276 e. The van der Waals surface area contributed by atoms with Gasteiger partial charge in [-0.25, -0.2) is 0 Å². The van der Waals surface area contributed by atoms with E-state index in [9.17, 15) is 14.9 Å². The van der Waals surface area contributed by atoms with Gasteiger partial charge in [0.15, 0.2) is 0 Å². The van der Waals surface area contributed by atoms with Crippen molar-refractivity contribution in [2.24, 2.45) is 0 Å². The summed E-state index contributed by atoms with van der Waals surface area (Å²) in [5.74, 6) is 0.228. The molecule has 6 nitrogen and oxygen atoms in total. The number of nitro benzene ring substituents is 1. The lowest BCUT2D eigenvalue weighted by molar-refractivity contribution is -0.385. The number of hydrogen-bond donors (Lipinski definition) is 0. The van der Waals surface area contributed by atoms with Gasteiger partial charge in [-0.15, -0.1) is 0 Å². The van der Waals surface area contributed by atoms with Crippen molar-refractivity contribution in [1.82, 2.24) is 9.80 Å². The molecule has 2 bridgehead atoms. The molecule has 140 valence electrons. The van der Waals surface area contributed by atoms with Crippen LogP contribution in [0.3, 0.4) is 0 Å². The number of carbonyl (C=O) groups excluding carboxylic acids is 1. The molecule has 2 saturated heterocycles. The number of carbonyl (C=O) groups is 1. The van der Waals surface area contributed by atoms with Gasteiger partial charge in [0.1, 0.15) is 0 Å². The molecule has 0 spiro atoms. The molecule has 2 fully saturated rings. The highest BCUT2D eigenvalue weighted by Crippen LogP contribution is 2.29. The van der Waals surface area contributed by atoms with Crippen molar-refractivity contribution in [3.05, 3.63) is 45.0 Å². The Bertz CT molecular complexity index is 708. The van der Waals surface area contributed by atoms with Gasteiger partial charge in [-0.3, -0.25) is 19.8 Å². The predicted octanol–water partition coefficient (Wildman–Crippen LogP) is 3.74. The lowest BCUT2D eigenvalue weighted by Gasteiger charge is -2.50. The van der Waals surface area contributed by atoms with Gasteiger partial charge >= 0.3 is 0 Å². The Balaban J connectivity index is 1.70. The summed E-state index contributed by atoms with van der Waals surface area (Å²) in [6, 6.07) is 5.33. The molecule has 0 N–H and O–H groups in total. The molecule has 2 atom stereocenters. The number of piperidine rings is 1. The maximum atomic E-state index is 12.1. The molecule has 0 aromatic heterocycles.